The van der Waals surface area contributed by atoms with E-state index in [9.17, 15) is 13.2 Å². The lowest BCUT2D eigenvalue weighted by Crippen LogP contribution is -2.35. The zero-order valence-corrected chi connectivity index (χ0v) is 11.9. The smallest absolute Gasteiger partial charge is 0.409 e. The van der Waals surface area contributed by atoms with Crippen LogP contribution in [0.2, 0.25) is 0 Å². The molecule has 1 heterocycles. The number of carbonyl (C=O) groups excluding carboxylic acids is 1. The van der Waals surface area contributed by atoms with Gasteiger partial charge in [0.05, 0.1) is 12.9 Å². The lowest BCUT2D eigenvalue weighted by molar-refractivity contribution is 0.118. The van der Waals surface area contributed by atoms with Crippen molar-refractivity contribution in [2.75, 3.05) is 19.9 Å². The van der Waals surface area contributed by atoms with Crippen molar-refractivity contribution < 1.29 is 17.9 Å². The van der Waals surface area contributed by atoms with Gasteiger partial charge in [-0.3, -0.25) is 0 Å². The molecule has 19 heavy (non-hydrogen) atoms. The third-order valence-electron chi connectivity index (χ3n) is 3.14. The molecule has 0 spiro atoms. The second-order valence-corrected chi connectivity index (χ2v) is 6.95. The van der Waals surface area contributed by atoms with Gasteiger partial charge in [0.25, 0.3) is 0 Å². The average molecular weight is 283 g/mol. The van der Waals surface area contributed by atoms with Crippen LogP contribution in [0.1, 0.15) is 16.7 Å². The maximum Gasteiger partial charge on any atom is 0.409 e. The summed E-state index contributed by atoms with van der Waals surface area (Å²) in [6.45, 7) is 1.10. The topological polar surface area (TPSA) is 63.7 Å². The van der Waals surface area contributed by atoms with E-state index >= 15 is 0 Å². The summed E-state index contributed by atoms with van der Waals surface area (Å²) < 4.78 is 27.3. The molecule has 5 nitrogen and oxygen atoms in total. The number of sulfone groups is 1. The third kappa shape index (κ3) is 3.47. The van der Waals surface area contributed by atoms with E-state index in [2.05, 4.69) is 0 Å². The number of amides is 1. The molecule has 0 N–H and O–H groups in total. The lowest BCUT2D eigenvalue weighted by Gasteiger charge is -2.28. The molecule has 1 aromatic rings. The van der Waals surface area contributed by atoms with Crippen molar-refractivity contribution in [1.82, 2.24) is 4.90 Å². The van der Waals surface area contributed by atoms with Crippen LogP contribution in [-0.4, -0.2) is 39.3 Å². The highest BCUT2D eigenvalue weighted by molar-refractivity contribution is 7.89. The number of benzene rings is 1. The molecular weight excluding hydrogens is 266 g/mol. The Balaban J connectivity index is 2.22. The number of carbonyl (C=O) groups is 1. The monoisotopic (exact) mass is 283 g/mol. The Bertz CT molecular complexity index is 595. The predicted octanol–water partition coefficient (Wildman–Crippen LogP) is 1.36. The minimum atomic E-state index is -3.04. The van der Waals surface area contributed by atoms with Crippen LogP contribution in [0.5, 0.6) is 0 Å². The first kappa shape index (κ1) is 13.9. The fourth-order valence-electron chi connectivity index (χ4n) is 2.29. The van der Waals surface area contributed by atoms with E-state index < -0.39 is 9.84 Å². The van der Waals surface area contributed by atoms with Gasteiger partial charge in [0.1, 0.15) is 0 Å². The Labute approximate surface area is 113 Å². The Morgan fingerprint density at radius 2 is 2.11 bits per heavy atom. The summed E-state index contributed by atoms with van der Waals surface area (Å²) in [6, 6.07) is 5.66. The van der Waals surface area contributed by atoms with E-state index in [0.717, 1.165) is 23.1 Å². The molecule has 0 saturated carbocycles. The molecule has 104 valence electrons. The molecule has 1 aliphatic heterocycles. The first-order chi connectivity index (χ1) is 8.89. The predicted molar refractivity (Wildman–Crippen MR) is 71.5 cm³/mol. The molecule has 1 amide bonds. The normalized spacial score (nSPS) is 14.9. The molecule has 0 atom stereocenters. The fraction of sp³-hybridized carbons (Fsp3) is 0.462. The summed E-state index contributed by atoms with van der Waals surface area (Å²) in [6.07, 6.45) is 1.63. The number of ether oxygens (including phenoxy) is 1. The van der Waals surface area contributed by atoms with Gasteiger partial charge in [-0.2, -0.15) is 0 Å². The molecule has 0 bridgehead atoms. The van der Waals surface area contributed by atoms with Gasteiger partial charge in [-0.1, -0.05) is 18.2 Å². The molecule has 0 aliphatic carbocycles. The average Bonchev–Trinajstić information content (AvgIpc) is 2.35. The van der Waals surface area contributed by atoms with Crippen LogP contribution in [0.4, 0.5) is 4.79 Å². The summed E-state index contributed by atoms with van der Waals surface area (Å²) in [5.74, 6) is 0.0263. The minimum Gasteiger partial charge on any atom is -0.453 e. The van der Waals surface area contributed by atoms with Gasteiger partial charge in [0.15, 0.2) is 9.84 Å². The van der Waals surface area contributed by atoms with E-state index in [1.807, 2.05) is 18.2 Å². The zero-order chi connectivity index (χ0) is 14.0. The summed E-state index contributed by atoms with van der Waals surface area (Å²) in [5.41, 5.74) is 2.92. The maximum absolute atomic E-state index is 11.5. The van der Waals surface area contributed by atoms with E-state index in [4.69, 9.17) is 4.74 Å². The van der Waals surface area contributed by atoms with Crippen molar-refractivity contribution in [2.45, 2.75) is 18.7 Å². The molecule has 0 aromatic heterocycles. The number of hydrogen-bond acceptors (Lipinski definition) is 4. The molecular formula is C13H17NO4S. The highest BCUT2D eigenvalue weighted by Crippen LogP contribution is 2.21. The molecule has 1 aromatic carbocycles. The van der Waals surface area contributed by atoms with Crippen molar-refractivity contribution in [1.29, 1.82) is 0 Å². The van der Waals surface area contributed by atoms with Crippen molar-refractivity contribution >= 4 is 15.9 Å². The Kier molecular flexibility index (Phi) is 3.80. The standard InChI is InChI=1S/C13H17NO4S/c1-18-13(15)14-6-5-11-4-3-10(7-12(11)8-14)9-19(2,16)17/h3-4,7H,5-6,8-9H2,1-2H3. The van der Waals surface area contributed by atoms with E-state index in [1.165, 1.54) is 13.4 Å². The third-order valence-corrected chi connectivity index (χ3v) is 4.00. The van der Waals surface area contributed by atoms with Crippen LogP contribution >= 0.6 is 0 Å². The molecule has 2 rings (SSSR count). The molecule has 1 aliphatic rings. The SMILES string of the molecule is COC(=O)N1CCc2ccc(CS(C)(=O)=O)cc2C1. The van der Waals surface area contributed by atoms with Crippen molar-refractivity contribution in [3.05, 3.63) is 34.9 Å². The van der Waals surface area contributed by atoms with E-state index in [1.54, 1.807) is 4.90 Å². The molecule has 0 radical (unpaired) electrons. The van der Waals surface area contributed by atoms with Crippen molar-refractivity contribution in [3.8, 4) is 0 Å². The zero-order valence-electron chi connectivity index (χ0n) is 11.0. The largest absolute Gasteiger partial charge is 0.453 e. The summed E-state index contributed by atoms with van der Waals surface area (Å²) in [7, 11) is -1.68. The number of rotatable bonds is 2. The number of fused-ring (bicyclic) bond motifs is 1. The number of methoxy groups -OCH3 is 1. The summed E-state index contributed by atoms with van der Waals surface area (Å²) in [4.78, 5) is 13.1. The van der Waals surface area contributed by atoms with Crippen LogP contribution in [-0.2, 0) is 33.3 Å². The lowest BCUT2D eigenvalue weighted by atomic mass is 9.98. The van der Waals surface area contributed by atoms with E-state index in [0.29, 0.717) is 13.1 Å². The summed E-state index contributed by atoms with van der Waals surface area (Å²) >= 11 is 0. The van der Waals surface area contributed by atoms with Gasteiger partial charge >= 0.3 is 6.09 Å². The van der Waals surface area contributed by atoms with Crippen molar-refractivity contribution in [3.63, 3.8) is 0 Å². The van der Waals surface area contributed by atoms with Gasteiger partial charge in [-0.05, 0) is 23.1 Å². The van der Waals surface area contributed by atoms with Gasteiger partial charge in [0, 0.05) is 19.3 Å². The van der Waals surface area contributed by atoms with Crippen LogP contribution in [0.15, 0.2) is 18.2 Å². The minimum absolute atomic E-state index is 0.0263. The maximum atomic E-state index is 11.5. The highest BCUT2D eigenvalue weighted by Gasteiger charge is 2.21. The fourth-order valence-corrected chi connectivity index (χ4v) is 3.07. The van der Waals surface area contributed by atoms with Crippen LogP contribution in [0.25, 0.3) is 0 Å². The number of hydrogen-bond donors (Lipinski definition) is 0. The Morgan fingerprint density at radius 1 is 1.37 bits per heavy atom. The molecule has 0 saturated heterocycles. The Morgan fingerprint density at radius 3 is 2.74 bits per heavy atom. The molecule has 0 fully saturated rings. The first-order valence-corrected chi connectivity index (χ1v) is 8.06. The van der Waals surface area contributed by atoms with Crippen LogP contribution < -0.4 is 0 Å². The van der Waals surface area contributed by atoms with Crippen LogP contribution in [0, 0.1) is 0 Å². The van der Waals surface area contributed by atoms with Gasteiger partial charge in [-0.15, -0.1) is 0 Å². The van der Waals surface area contributed by atoms with Crippen molar-refractivity contribution in [2.24, 2.45) is 0 Å². The van der Waals surface area contributed by atoms with Crippen LogP contribution in [0.3, 0.4) is 0 Å². The summed E-state index contributed by atoms with van der Waals surface area (Å²) in [5, 5.41) is 0. The first-order valence-electron chi connectivity index (χ1n) is 6.00. The van der Waals surface area contributed by atoms with Gasteiger partial charge in [0.2, 0.25) is 0 Å². The van der Waals surface area contributed by atoms with E-state index in [-0.39, 0.29) is 11.8 Å². The second kappa shape index (κ2) is 5.21. The van der Waals surface area contributed by atoms with Gasteiger partial charge in [-0.25, -0.2) is 13.2 Å². The molecule has 6 heteroatoms. The number of nitrogens with zero attached hydrogens (tertiary/aromatic N) is 1. The highest BCUT2D eigenvalue weighted by atomic mass is 32.2. The Hall–Kier alpha value is -1.56. The van der Waals surface area contributed by atoms with Gasteiger partial charge < -0.3 is 9.64 Å². The quantitative estimate of drug-likeness (QED) is 0.822. The second-order valence-electron chi connectivity index (χ2n) is 4.81. The molecule has 0 unspecified atom stereocenters.